The van der Waals surface area contributed by atoms with E-state index in [0.29, 0.717) is 16.3 Å². The fourth-order valence-electron chi connectivity index (χ4n) is 1.92. The number of ether oxygens (including phenoxy) is 1. The Balaban J connectivity index is 1.90. The molecule has 0 aliphatic rings. The molecule has 0 saturated heterocycles. The van der Waals surface area contributed by atoms with Crippen LogP contribution in [0.5, 0.6) is 0 Å². The molecule has 0 unspecified atom stereocenters. The van der Waals surface area contributed by atoms with Crippen molar-refractivity contribution in [2.75, 3.05) is 5.32 Å². The zero-order valence-corrected chi connectivity index (χ0v) is 14.2. The van der Waals surface area contributed by atoms with Crippen molar-refractivity contribution in [3.05, 3.63) is 70.8 Å². The summed E-state index contributed by atoms with van der Waals surface area (Å²) in [6, 6.07) is 15.4. The summed E-state index contributed by atoms with van der Waals surface area (Å²) in [6.45, 7) is 1.47. The van der Waals surface area contributed by atoms with E-state index in [9.17, 15) is 9.59 Å². The lowest BCUT2D eigenvalue weighted by molar-refractivity contribution is -0.148. The Hall–Kier alpha value is -3.10. The molecule has 126 valence electrons. The molecule has 6 heteroatoms. The van der Waals surface area contributed by atoms with Gasteiger partial charge in [0.05, 0.1) is 11.6 Å². The van der Waals surface area contributed by atoms with E-state index in [1.165, 1.54) is 19.1 Å². The van der Waals surface area contributed by atoms with Crippen LogP contribution in [0, 0.1) is 11.3 Å². The number of nitrogens with one attached hydrogen (secondary N) is 1. The molecule has 5 nitrogen and oxygen atoms in total. The van der Waals surface area contributed by atoms with Crippen molar-refractivity contribution in [2.24, 2.45) is 0 Å². The highest BCUT2D eigenvalue weighted by molar-refractivity contribution is 6.30. The Morgan fingerprint density at radius 3 is 2.64 bits per heavy atom. The fraction of sp³-hybridized carbons (Fsp3) is 0.105. The van der Waals surface area contributed by atoms with E-state index in [2.05, 4.69) is 5.32 Å². The van der Waals surface area contributed by atoms with Crippen LogP contribution in [0.15, 0.2) is 54.6 Å². The van der Waals surface area contributed by atoms with Crippen LogP contribution in [0.2, 0.25) is 5.02 Å². The molecule has 0 fully saturated rings. The van der Waals surface area contributed by atoms with Crippen molar-refractivity contribution in [1.29, 1.82) is 5.26 Å². The minimum absolute atomic E-state index is 0.424. The average Bonchev–Trinajstić information content (AvgIpc) is 2.61. The first-order valence-corrected chi connectivity index (χ1v) is 7.81. The van der Waals surface area contributed by atoms with Crippen molar-refractivity contribution >= 4 is 35.2 Å². The Kier molecular flexibility index (Phi) is 6.33. The summed E-state index contributed by atoms with van der Waals surface area (Å²) in [5, 5.41) is 12.0. The van der Waals surface area contributed by atoms with Gasteiger partial charge in [0.25, 0.3) is 5.91 Å². The van der Waals surface area contributed by atoms with Gasteiger partial charge in [-0.05, 0) is 48.9 Å². The summed E-state index contributed by atoms with van der Waals surface area (Å²) < 4.78 is 5.06. The maximum absolute atomic E-state index is 12.0. The third-order valence-electron chi connectivity index (χ3n) is 3.20. The van der Waals surface area contributed by atoms with E-state index in [1.54, 1.807) is 48.5 Å². The van der Waals surface area contributed by atoms with Crippen molar-refractivity contribution in [3.8, 4) is 6.07 Å². The zero-order chi connectivity index (χ0) is 18.2. The molecule has 0 bridgehead atoms. The van der Waals surface area contributed by atoms with Gasteiger partial charge in [-0.1, -0.05) is 29.8 Å². The number of carbonyl (C=O) groups is 2. The van der Waals surface area contributed by atoms with Crippen LogP contribution in [-0.4, -0.2) is 18.0 Å². The summed E-state index contributed by atoms with van der Waals surface area (Å²) in [7, 11) is 0. The van der Waals surface area contributed by atoms with E-state index in [4.69, 9.17) is 21.6 Å². The molecule has 0 radical (unpaired) electrons. The predicted molar refractivity (Wildman–Crippen MR) is 95.8 cm³/mol. The predicted octanol–water partition coefficient (Wildman–Crippen LogP) is 3.80. The monoisotopic (exact) mass is 354 g/mol. The second-order valence-electron chi connectivity index (χ2n) is 5.15. The third kappa shape index (κ3) is 5.79. The first-order chi connectivity index (χ1) is 12.0. The first kappa shape index (κ1) is 18.2. The van der Waals surface area contributed by atoms with Crippen molar-refractivity contribution in [1.82, 2.24) is 0 Å². The van der Waals surface area contributed by atoms with Gasteiger partial charge in [0.1, 0.15) is 0 Å². The summed E-state index contributed by atoms with van der Waals surface area (Å²) in [5.41, 5.74) is 1.67. The largest absolute Gasteiger partial charge is 0.449 e. The maximum Gasteiger partial charge on any atom is 0.331 e. The maximum atomic E-state index is 12.0. The van der Waals surface area contributed by atoms with E-state index in [0.717, 1.165) is 5.56 Å². The molecule has 1 atom stereocenters. The lowest BCUT2D eigenvalue weighted by Crippen LogP contribution is -2.29. The lowest BCUT2D eigenvalue weighted by atomic mass is 10.2. The molecule has 0 aliphatic heterocycles. The summed E-state index contributed by atoms with van der Waals surface area (Å²) in [4.78, 5) is 23.8. The van der Waals surface area contributed by atoms with Gasteiger partial charge in [-0.15, -0.1) is 0 Å². The number of anilines is 1. The van der Waals surface area contributed by atoms with Crippen molar-refractivity contribution in [3.63, 3.8) is 0 Å². The van der Waals surface area contributed by atoms with E-state index in [-0.39, 0.29) is 0 Å². The second kappa shape index (κ2) is 8.67. The van der Waals surface area contributed by atoms with Crippen LogP contribution in [0.4, 0.5) is 5.69 Å². The van der Waals surface area contributed by atoms with Crippen LogP contribution < -0.4 is 5.32 Å². The van der Waals surface area contributed by atoms with Crippen LogP contribution in [0.25, 0.3) is 6.08 Å². The number of nitriles is 1. The molecule has 1 amide bonds. The molecule has 0 saturated carbocycles. The van der Waals surface area contributed by atoms with Gasteiger partial charge in [-0.3, -0.25) is 4.79 Å². The number of esters is 1. The van der Waals surface area contributed by atoms with Gasteiger partial charge in [-0.25, -0.2) is 4.79 Å². The average molecular weight is 355 g/mol. The van der Waals surface area contributed by atoms with Crippen LogP contribution in [-0.2, 0) is 14.3 Å². The second-order valence-corrected chi connectivity index (χ2v) is 5.58. The standard InChI is InChI=1S/C19H15ClN2O3/c1-13(19(24)22-17-4-2-3-15(11-17)12-21)25-18(23)10-7-14-5-8-16(20)9-6-14/h2-11,13H,1H3,(H,22,24)/b10-7+/t13-/m0/s1. The molecule has 1 N–H and O–H groups in total. The van der Waals surface area contributed by atoms with E-state index in [1.807, 2.05) is 6.07 Å². The minimum atomic E-state index is -0.979. The highest BCUT2D eigenvalue weighted by Gasteiger charge is 2.16. The number of hydrogen-bond donors (Lipinski definition) is 1. The quantitative estimate of drug-likeness (QED) is 0.654. The van der Waals surface area contributed by atoms with Gasteiger partial charge < -0.3 is 10.1 Å². The SMILES string of the molecule is C[C@H](OC(=O)/C=C/c1ccc(Cl)cc1)C(=O)Nc1cccc(C#N)c1. The number of amides is 1. The van der Waals surface area contributed by atoms with Gasteiger partial charge in [0, 0.05) is 16.8 Å². The molecule has 0 aromatic heterocycles. The molecule has 25 heavy (non-hydrogen) atoms. The van der Waals surface area contributed by atoms with Crippen LogP contribution in [0.3, 0.4) is 0 Å². The Morgan fingerprint density at radius 1 is 1.24 bits per heavy atom. The smallest absolute Gasteiger partial charge is 0.331 e. The number of rotatable bonds is 5. The van der Waals surface area contributed by atoms with Gasteiger partial charge in [0.2, 0.25) is 0 Å². The number of carbonyl (C=O) groups excluding carboxylic acids is 2. The minimum Gasteiger partial charge on any atom is -0.449 e. The Morgan fingerprint density at radius 2 is 1.96 bits per heavy atom. The first-order valence-electron chi connectivity index (χ1n) is 7.43. The molecular weight excluding hydrogens is 340 g/mol. The Bertz CT molecular complexity index is 838. The molecule has 2 aromatic carbocycles. The van der Waals surface area contributed by atoms with Gasteiger partial charge in [-0.2, -0.15) is 5.26 Å². The molecular formula is C19H15ClN2O3. The van der Waals surface area contributed by atoms with Crippen molar-refractivity contribution in [2.45, 2.75) is 13.0 Å². The zero-order valence-electron chi connectivity index (χ0n) is 13.4. The fourth-order valence-corrected chi connectivity index (χ4v) is 2.04. The molecule has 0 heterocycles. The highest BCUT2D eigenvalue weighted by Crippen LogP contribution is 2.12. The topological polar surface area (TPSA) is 79.2 Å². The summed E-state index contributed by atoms with van der Waals surface area (Å²) in [5.74, 6) is -1.12. The van der Waals surface area contributed by atoms with Crippen LogP contribution >= 0.6 is 11.6 Å². The number of hydrogen-bond acceptors (Lipinski definition) is 4. The highest BCUT2D eigenvalue weighted by atomic mass is 35.5. The molecule has 0 aliphatic carbocycles. The Labute approximate surface area is 150 Å². The van der Waals surface area contributed by atoms with Gasteiger partial charge in [0.15, 0.2) is 6.10 Å². The normalized spacial score (nSPS) is 11.6. The number of benzene rings is 2. The van der Waals surface area contributed by atoms with E-state index >= 15 is 0 Å². The summed E-state index contributed by atoms with van der Waals surface area (Å²) >= 11 is 5.79. The molecule has 2 rings (SSSR count). The molecule has 0 spiro atoms. The molecule has 2 aromatic rings. The van der Waals surface area contributed by atoms with Crippen molar-refractivity contribution < 1.29 is 14.3 Å². The number of nitrogens with zero attached hydrogens (tertiary/aromatic N) is 1. The van der Waals surface area contributed by atoms with E-state index < -0.39 is 18.0 Å². The summed E-state index contributed by atoms with van der Waals surface area (Å²) in [6.07, 6.45) is 1.83. The van der Waals surface area contributed by atoms with Crippen LogP contribution in [0.1, 0.15) is 18.1 Å². The number of halogens is 1. The lowest BCUT2D eigenvalue weighted by Gasteiger charge is -2.12. The third-order valence-corrected chi connectivity index (χ3v) is 3.46. The van der Waals surface area contributed by atoms with Gasteiger partial charge >= 0.3 is 5.97 Å².